The first-order valence-electron chi connectivity index (χ1n) is 6.90. The molecule has 7 heteroatoms. The lowest BCUT2D eigenvalue weighted by Gasteiger charge is -2.09. The van der Waals surface area contributed by atoms with Crippen LogP contribution in [0.1, 0.15) is 32.6 Å². The van der Waals surface area contributed by atoms with Crippen molar-refractivity contribution in [2.75, 3.05) is 11.9 Å². The van der Waals surface area contributed by atoms with Crippen molar-refractivity contribution in [2.45, 2.75) is 45.2 Å². The molecule has 1 aromatic rings. The van der Waals surface area contributed by atoms with Crippen LogP contribution < -0.4 is 16.2 Å². The molecule has 1 heterocycles. The Hall–Kier alpha value is -1.56. The highest BCUT2D eigenvalue weighted by atomic mass is 35.5. The van der Waals surface area contributed by atoms with Crippen LogP contribution in [0.4, 0.5) is 5.69 Å². The first-order valence-corrected chi connectivity index (χ1v) is 7.28. The van der Waals surface area contributed by atoms with Crippen LogP contribution in [0.5, 0.6) is 0 Å². The number of anilines is 1. The van der Waals surface area contributed by atoms with Gasteiger partial charge in [-0.05, 0) is 19.3 Å². The van der Waals surface area contributed by atoms with E-state index in [0.717, 1.165) is 19.3 Å². The van der Waals surface area contributed by atoms with Crippen LogP contribution in [0.15, 0.2) is 11.0 Å². The van der Waals surface area contributed by atoms with Gasteiger partial charge in [0.15, 0.2) is 0 Å². The summed E-state index contributed by atoms with van der Waals surface area (Å²) in [6, 6.07) is 0.366. The molecular formula is C13H19ClN4O2. The van der Waals surface area contributed by atoms with Crippen LogP contribution >= 0.6 is 11.6 Å². The van der Waals surface area contributed by atoms with Gasteiger partial charge >= 0.3 is 0 Å². The van der Waals surface area contributed by atoms with Crippen molar-refractivity contribution in [3.8, 4) is 0 Å². The standard InChI is InChI=1S/C13H19ClN4O2/c1-2-7-18-13(20)12(14)10(8-16-18)15-6-5-11(19)17-9-3-4-9/h8-9,15H,2-7H2,1H3,(H,17,19). The van der Waals surface area contributed by atoms with Gasteiger partial charge in [0.05, 0.1) is 11.9 Å². The van der Waals surface area contributed by atoms with Gasteiger partial charge in [-0.3, -0.25) is 9.59 Å². The van der Waals surface area contributed by atoms with Crippen molar-refractivity contribution in [1.29, 1.82) is 0 Å². The lowest BCUT2D eigenvalue weighted by molar-refractivity contribution is -0.120. The molecule has 0 bridgehead atoms. The van der Waals surface area contributed by atoms with E-state index in [1.807, 2.05) is 6.92 Å². The van der Waals surface area contributed by atoms with Crippen LogP contribution in [-0.4, -0.2) is 28.3 Å². The minimum absolute atomic E-state index is 0.0170. The van der Waals surface area contributed by atoms with Crippen LogP contribution in [0.25, 0.3) is 0 Å². The smallest absolute Gasteiger partial charge is 0.287 e. The maximum Gasteiger partial charge on any atom is 0.287 e. The highest BCUT2D eigenvalue weighted by molar-refractivity contribution is 6.32. The molecule has 0 unspecified atom stereocenters. The van der Waals surface area contributed by atoms with Gasteiger partial charge in [0.2, 0.25) is 5.91 Å². The topological polar surface area (TPSA) is 76.0 Å². The summed E-state index contributed by atoms with van der Waals surface area (Å²) in [5, 5.41) is 10.0. The molecule has 1 saturated carbocycles. The van der Waals surface area contributed by atoms with Gasteiger partial charge in [-0.1, -0.05) is 18.5 Å². The molecule has 1 fully saturated rings. The SMILES string of the molecule is CCCn1ncc(NCCC(=O)NC2CC2)c(Cl)c1=O. The number of carbonyl (C=O) groups excluding carboxylic acids is 1. The van der Waals surface area contributed by atoms with Gasteiger partial charge in [0.1, 0.15) is 5.02 Å². The van der Waals surface area contributed by atoms with Crippen molar-refractivity contribution in [1.82, 2.24) is 15.1 Å². The third-order valence-corrected chi connectivity index (χ3v) is 3.40. The van der Waals surface area contributed by atoms with Crippen molar-refractivity contribution >= 4 is 23.2 Å². The lowest BCUT2D eigenvalue weighted by atomic mass is 10.3. The van der Waals surface area contributed by atoms with Crippen molar-refractivity contribution in [3.05, 3.63) is 21.6 Å². The van der Waals surface area contributed by atoms with Crippen LogP contribution in [0, 0.1) is 0 Å². The van der Waals surface area contributed by atoms with E-state index in [-0.39, 0.29) is 16.5 Å². The maximum atomic E-state index is 11.9. The minimum Gasteiger partial charge on any atom is -0.382 e. The molecule has 0 atom stereocenters. The number of aryl methyl sites for hydroxylation is 1. The first kappa shape index (κ1) is 14.8. The van der Waals surface area contributed by atoms with Gasteiger partial charge in [-0.2, -0.15) is 5.10 Å². The molecular weight excluding hydrogens is 280 g/mol. The molecule has 110 valence electrons. The predicted molar refractivity (Wildman–Crippen MR) is 78.1 cm³/mol. The Morgan fingerprint density at radius 2 is 2.30 bits per heavy atom. The van der Waals surface area contributed by atoms with Gasteiger partial charge in [0, 0.05) is 25.6 Å². The second-order valence-electron chi connectivity index (χ2n) is 4.92. The Kier molecular flexibility index (Phi) is 5.00. The maximum absolute atomic E-state index is 11.9. The third-order valence-electron chi connectivity index (χ3n) is 3.03. The molecule has 2 N–H and O–H groups in total. The van der Waals surface area contributed by atoms with Crippen LogP contribution in [-0.2, 0) is 11.3 Å². The Morgan fingerprint density at radius 3 is 2.95 bits per heavy atom. The Labute approximate surface area is 122 Å². The number of amides is 1. The van der Waals surface area contributed by atoms with Gasteiger partial charge < -0.3 is 10.6 Å². The number of rotatable bonds is 7. The average molecular weight is 299 g/mol. The van der Waals surface area contributed by atoms with Crippen molar-refractivity contribution < 1.29 is 4.79 Å². The van der Waals surface area contributed by atoms with Crippen LogP contribution in [0.2, 0.25) is 5.02 Å². The van der Waals surface area contributed by atoms with E-state index in [9.17, 15) is 9.59 Å². The van der Waals surface area contributed by atoms with Gasteiger partial charge in [-0.15, -0.1) is 0 Å². The highest BCUT2D eigenvalue weighted by Crippen LogP contribution is 2.19. The fourth-order valence-electron chi connectivity index (χ4n) is 1.80. The van der Waals surface area contributed by atoms with Crippen LogP contribution in [0.3, 0.4) is 0 Å². The van der Waals surface area contributed by atoms with Crippen molar-refractivity contribution in [2.24, 2.45) is 0 Å². The van der Waals surface area contributed by atoms with E-state index in [2.05, 4.69) is 15.7 Å². The molecule has 0 spiro atoms. The monoisotopic (exact) mass is 298 g/mol. The zero-order valence-electron chi connectivity index (χ0n) is 11.5. The molecule has 2 rings (SSSR count). The summed E-state index contributed by atoms with van der Waals surface area (Å²) in [4.78, 5) is 23.4. The number of carbonyl (C=O) groups is 1. The molecule has 0 aliphatic heterocycles. The number of halogens is 1. The average Bonchev–Trinajstić information content (AvgIpc) is 3.22. The highest BCUT2D eigenvalue weighted by Gasteiger charge is 2.22. The number of aromatic nitrogens is 2. The number of hydrogen-bond donors (Lipinski definition) is 2. The lowest BCUT2D eigenvalue weighted by Crippen LogP contribution is -2.28. The summed E-state index contributed by atoms with van der Waals surface area (Å²) in [5.74, 6) is 0.0170. The summed E-state index contributed by atoms with van der Waals surface area (Å²) < 4.78 is 1.34. The first-order chi connectivity index (χ1) is 9.61. The van der Waals surface area contributed by atoms with E-state index in [4.69, 9.17) is 11.6 Å². The quantitative estimate of drug-likeness (QED) is 0.797. The summed E-state index contributed by atoms with van der Waals surface area (Å²) in [5.41, 5.74) is 0.171. The second kappa shape index (κ2) is 6.74. The zero-order chi connectivity index (χ0) is 14.5. The molecule has 0 aromatic carbocycles. The molecule has 0 saturated heterocycles. The Balaban J connectivity index is 1.87. The normalized spacial score (nSPS) is 14.1. The molecule has 0 radical (unpaired) electrons. The summed E-state index contributed by atoms with van der Waals surface area (Å²) in [6.07, 6.45) is 4.84. The van der Waals surface area contributed by atoms with E-state index >= 15 is 0 Å². The largest absolute Gasteiger partial charge is 0.382 e. The van der Waals surface area contributed by atoms with Crippen molar-refractivity contribution in [3.63, 3.8) is 0 Å². The summed E-state index contributed by atoms with van der Waals surface area (Å²) >= 11 is 6.01. The third kappa shape index (κ3) is 3.96. The fourth-order valence-corrected chi connectivity index (χ4v) is 2.01. The number of nitrogens with one attached hydrogen (secondary N) is 2. The number of nitrogens with zero attached hydrogens (tertiary/aromatic N) is 2. The Morgan fingerprint density at radius 1 is 1.55 bits per heavy atom. The summed E-state index contributed by atoms with van der Waals surface area (Å²) in [7, 11) is 0. The van der Waals surface area contributed by atoms with E-state index < -0.39 is 0 Å². The molecule has 1 aliphatic carbocycles. The second-order valence-corrected chi connectivity index (χ2v) is 5.30. The number of hydrogen-bond acceptors (Lipinski definition) is 4. The molecule has 1 amide bonds. The molecule has 1 aromatic heterocycles. The molecule has 1 aliphatic rings. The summed E-state index contributed by atoms with van der Waals surface area (Å²) in [6.45, 7) is 2.94. The minimum atomic E-state index is -0.305. The predicted octanol–water partition coefficient (Wildman–Crippen LogP) is 1.39. The molecule has 6 nitrogen and oxygen atoms in total. The van der Waals surface area contributed by atoms with E-state index in [0.29, 0.717) is 31.2 Å². The Bertz CT molecular complexity index is 540. The molecule has 20 heavy (non-hydrogen) atoms. The van der Waals surface area contributed by atoms with E-state index in [1.54, 1.807) is 0 Å². The van der Waals surface area contributed by atoms with Gasteiger partial charge in [0.25, 0.3) is 5.56 Å². The fraction of sp³-hybridized carbons (Fsp3) is 0.615. The zero-order valence-corrected chi connectivity index (χ0v) is 12.2. The van der Waals surface area contributed by atoms with E-state index in [1.165, 1.54) is 10.9 Å². The van der Waals surface area contributed by atoms with Gasteiger partial charge in [-0.25, -0.2) is 4.68 Å².